The van der Waals surface area contributed by atoms with Gasteiger partial charge in [-0.15, -0.1) is 0 Å². The first-order chi connectivity index (χ1) is 8.32. The van der Waals surface area contributed by atoms with E-state index < -0.39 is 32.2 Å². The predicted octanol–water partition coefficient (Wildman–Crippen LogP) is 1.16. The summed E-state index contributed by atoms with van der Waals surface area (Å²) in [7, 11) is -4.15. The molecular weight excluding hydrogens is 264 g/mol. The third-order valence-corrected chi connectivity index (χ3v) is 4.47. The molecular formula is C11H13F2NO3S. The van der Waals surface area contributed by atoms with Gasteiger partial charge in [-0.1, -0.05) is 0 Å². The van der Waals surface area contributed by atoms with Crippen LogP contribution in [0, 0.1) is 11.6 Å². The SMILES string of the molecule is O=S(=O)(NCC1(O)CCC1)c1cc(F)ccc1F. The maximum atomic E-state index is 13.3. The van der Waals surface area contributed by atoms with Crippen LogP contribution in [-0.2, 0) is 10.0 Å². The number of rotatable bonds is 4. The molecule has 0 bridgehead atoms. The molecule has 4 nitrogen and oxygen atoms in total. The van der Waals surface area contributed by atoms with Gasteiger partial charge in [-0.2, -0.15) is 0 Å². The molecule has 1 fully saturated rings. The molecule has 0 heterocycles. The monoisotopic (exact) mass is 277 g/mol. The van der Waals surface area contributed by atoms with Gasteiger partial charge >= 0.3 is 0 Å². The molecule has 2 N–H and O–H groups in total. The van der Waals surface area contributed by atoms with Crippen molar-refractivity contribution < 1.29 is 22.3 Å². The Hall–Kier alpha value is -1.05. The summed E-state index contributed by atoms with van der Waals surface area (Å²) in [5.41, 5.74) is -1.06. The lowest BCUT2D eigenvalue weighted by Crippen LogP contribution is -2.47. The number of sulfonamides is 1. The van der Waals surface area contributed by atoms with Crippen LogP contribution in [0.4, 0.5) is 8.78 Å². The van der Waals surface area contributed by atoms with Crippen LogP contribution in [-0.4, -0.2) is 25.7 Å². The highest BCUT2D eigenvalue weighted by atomic mass is 32.2. The molecule has 2 rings (SSSR count). The van der Waals surface area contributed by atoms with E-state index in [1.54, 1.807) is 0 Å². The number of halogens is 2. The molecule has 0 atom stereocenters. The molecule has 0 spiro atoms. The van der Waals surface area contributed by atoms with Gasteiger partial charge in [-0.05, 0) is 37.5 Å². The van der Waals surface area contributed by atoms with Crippen LogP contribution in [0.25, 0.3) is 0 Å². The molecule has 0 unspecified atom stereocenters. The van der Waals surface area contributed by atoms with Gasteiger partial charge in [0.15, 0.2) is 0 Å². The van der Waals surface area contributed by atoms with E-state index in [1.807, 2.05) is 0 Å². The molecule has 100 valence electrons. The lowest BCUT2D eigenvalue weighted by atomic mass is 9.81. The lowest BCUT2D eigenvalue weighted by molar-refractivity contribution is -0.0271. The van der Waals surface area contributed by atoms with Gasteiger partial charge in [0.1, 0.15) is 16.5 Å². The van der Waals surface area contributed by atoms with Gasteiger partial charge in [0.05, 0.1) is 5.60 Å². The fourth-order valence-electron chi connectivity index (χ4n) is 1.75. The zero-order valence-electron chi connectivity index (χ0n) is 9.49. The summed E-state index contributed by atoms with van der Waals surface area (Å²) in [6.45, 7) is -0.189. The summed E-state index contributed by atoms with van der Waals surface area (Å²) >= 11 is 0. The number of aliphatic hydroxyl groups is 1. The van der Waals surface area contributed by atoms with E-state index in [9.17, 15) is 22.3 Å². The van der Waals surface area contributed by atoms with Gasteiger partial charge in [0.2, 0.25) is 10.0 Å². The molecule has 0 amide bonds. The second-order valence-electron chi connectivity index (χ2n) is 4.48. The van der Waals surface area contributed by atoms with Crippen molar-refractivity contribution in [1.82, 2.24) is 4.72 Å². The Kier molecular flexibility index (Phi) is 3.39. The minimum atomic E-state index is -4.15. The van der Waals surface area contributed by atoms with Crippen molar-refractivity contribution in [2.45, 2.75) is 29.8 Å². The smallest absolute Gasteiger partial charge is 0.243 e. The highest BCUT2D eigenvalue weighted by Crippen LogP contribution is 2.31. The van der Waals surface area contributed by atoms with Gasteiger partial charge in [-0.25, -0.2) is 21.9 Å². The van der Waals surface area contributed by atoms with E-state index in [0.717, 1.165) is 18.6 Å². The van der Waals surface area contributed by atoms with Crippen molar-refractivity contribution in [3.8, 4) is 0 Å². The van der Waals surface area contributed by atoms with E-state index >= 15 is 0 Å². The molecule has 0 aliphatic heterocycles. The summed E-state index contributed by atoms with van der Waals surface area (Å²) in [5.74, 6) is -1.86. The molecule has 18 heavy (non-hydrogen) atoms. The van der Waals surface area contributed by atoms with Crippen LogP contribution in [0.5, 0.6) is 0 Å². The van der Waals surface area contributed by atoms with E-state index in [-0.39, 0.29) is 6.54 Å². The van der Waals surface area contributed by atoms with Crippen molar-refractivity contribution in [3.63, 3.8) is 0 Å². The highest BCUT2D eigenvalue weighted by molar-refractivity contribution is 7.89. The Bertz CT molecular complexity index is 555. The minimum absolute atomic E-state index is 0.189. The van der Waals surface area contributed by atoms with E-state index in [1.165, 1.54) is 0 Å². The van der Waals surface area contributed by atoms with Crippen LogP contribution in [0.3, 0.4) is 0 Å². The zero-order chi connectivity index (χ0) is 13.4. The molecule has 1 aromatic rings. The molecule has 0 radical (unpaired) electrons. The van der Waals surface area contributed by atoms with E-state index in [4.69, 9.17) is 0 Å². The molecule has 1 aromatic carbocycles. The van der Waals surface area contributed by atoms with Crippen LogP contribution in [0.1, 0.15) is 19.3 Å². The quantitative estimate of drug-likeness (QED) is 0.868. The molecule has 0 saturated heterocycles. The van der Waals surface area contributed by atoms with Crippen LogP contribution >= 0.6 is 0 Å². The second kappa shape index (κ2) is 4.56. The van der Waals surface area contributed by atoms with Crippen molar-refractivity contribution in [2.75, 3.05) is 6.54 Å². The van der Waals surface area contributed by atoms with Gasteiger partial charge in [-0.3, -0.25) is 0 Å². The van der Waals surface area contributed by atoms with Crippen molar-refractivity contribution in [2.24, 2.45) is 0 Å². The Morgan fingerprint density at radius 3 is 2.56 bits per heavy atom. The van der Waals surface area contributed by atoms with Gasteiger partial charge < -0.3 is 5.11 Å². The third kappa shape index (κ3) is 2.68. The Labute approximate surface area is 104 Å². The Morgan fingerprint density at radius 1 is 1.33 bits per heavy atom. The van der Waals surface area contributed by atoms with E-state index in [0.29, 0.717) is 18.9 Å². The molecule has 0 aromatic heterocycles. The van der Waals surface area contributed by atoms with Crippen LogP contribution < -0.4 is 4.72 Å². The summed E-state index contributed by atoms with van der Waals surface area (Å²) in [6.07, 6.45) is 1.83. The van der Waals surface area contributed by atoms with E-state index in [2.05, 4.69) is 4.72 Å². The Balaban J connectivity index is 2.17. The zero-order valence-corrected chi connectivity index (χ0v) is 10.3. The van der Waals surface area contributed by atoms with Crippen molar-refractivity contribution in [1.29, 1.82) is 0 Å². The minimum Gasteiger partial charge on any atom is -0.389 e. The maximum absolute atomic E-state index is 13.3. The lowest BCUT2D eigenvalue weighted by Gasteiger charge is -2.36. The van der Waals surface area contributed by atoms with Gasteiger partial charge in [0, 0.05) is 6.54 Å². The van der Waals surface area contributed by atoms with Crippen molar-refractivity contribution in [3.05, 3.63) is 29.8 Å². The number of nitrogens with one attached hydrogen (secondary N) is 1. The molecule has 1 aliphatic carbocycles. The predicted molar refractivity (Wildman–Crippen MR) is 60.3 cm³/mol. The molecule has 7 heteroatoms. The Morgan fingerprint density at radius 2 is 2.00 bits per heavy atom. The number of benzene rings is 1. The standard InChI is InChI=1S/C11H13F2NO3S/c12-8-2-3-9(13)10(6-8)18(16,17)14-7-11(15)4-1-5-11/h2-3,6,14-15H,1,4-5,7H2. The highest BCUT2D eigenvalue weighted by Gasteiger charge is 2.35. The fourth-order valence-corrected chi connectivity index (χ4v) is 2.96. The normalized spacial score (nSPS) is 18.4. The fraction of sp³-hybridized carbons (Fsp3) is 0.455. The second-order valence-corrected chi connectivity index (χ2v) is 6.21. The largest absolute Gasteiger partial charge is 0.389 e. The summed E-state index contributed by atoms with van der Waals surface area (Å²) in [5, 5.41) is 9.75. The number of hydrogen-bond acceptors (Lipinski definition) is 3. The van der Waals surface area contributed by atoms with Crippen LogP contribution in [0.2, 0.25) is 0 Å². The first-order valence-corrected chi connectivity index (χ1v) is 6.98. The van der Waals surface area contributed by atoms with Crippen molar-refractivity contribution >= 4 is 10.0 Å². The average molecular weight is 277 g/mol. The number of hydrogen-bond donors (Lipinski definition) is 2. The third-order valence-electron chi connectivity index (χ3n) is 3.06. The average Bonchev–Trinajstić information content (AvgIpc) is 2.27. The molecule has 1 aliphatic rings. The molecule has 1 saturated carbocycles. The van der Waals surface area contributed by atoms with Crippen LogP contribution in [0.15, 0.2) is 23.1 Å². The topological polar surface area (TPSA) is 66.4 Å². The first-order valence-electron chi connectivity index (χ1n) is 5.50. The first kappa shape index (κ1) is 13.4. The summed E-state index contributed by atoms with van der Waals surface area (Å²) < 4.78 is 51.9. The summed E-state index contributed by atoms with van der Waals surface area (Å²) in [6, 6.07) is 2.21. The maximum Gasteiger partial charge on any atom is 0.243 e. The summed E-state index contributed by atoms with van der Waals surface area (Å²) in [4.78, 5) is -0.745. The van der Waals surface area contributed by atoms with Gasteiger partial charge in [0.25, 0.3) is 0 Å².